The Kier molecular flexibility index (Phi) is 4.68. The normalized spacial score (nSPS) is 29.6. The van der Waals surface area contributed by atoms with E-state index >= 15 is 0 Å². The van der Waals surface area contributed by atoms with Gasteiger partial charge in [-0.05, 0) is 19.9 Å². The van der Waals surface area contributed by atoms with Crippen LogP contribution >= 0.6 is 0 Å². The molecule has 0 spiro atoms. The van der Waals surface area contributed by atoms with Gasteiger partial charge >= 0.3 is 5.69 Å². The van der Waals surface area contributed by atoms with Crippen molar-refractivity contribution in [2.75, 3.05) is 6.61 Å². The summed E-state index contributed by atoms with van der Waals surface area (Å²) in [6.45, 7) is 3.13. The van der Waals surface area contributed by atoms with E-state index in [1.807, 2.05) is 0 Å². The molecule has 2 unspecified atom stereocenters. The molecular weight excluding hydrogens is 370 g/mol. The number of aromatic nitrogens is 3. The van der Waals surface area contributed by atoms with Crippen molar-refractivity contribution in [3.63, 3.8) is 0 Å². The predicted molar refractivity (Wildman–Crippen MR) is 94.4 cm³/mol. The van der Waals surface area contributed by atoms with Crippen LogP contribution in [-0.4, -0.2) is 55.5 Å². The zero-order chi connectivity index (χ0) is 20.1. The minimum absolute atomic E-state index is 0.0432. The lowest BCUT2D eigenvalue weighted by Crippen LogP contribution is -2.39. The van der Waals surface area contributed by atoms with Crippen molar-refractivity contribution in [3.05, 3.63) is 62.7 Å². The molecule has 2 aromatic rings. The van der Waals surface area contributed by atoms with Gasteiger partial charge in [0.25, 0.3) is 5.56 Å². The lowest BCUT2D eigenvalue weighted by Gasteiger charge is -2.24. The van der Waals surface area contributed by atoms with Gasteiger partial charge in [0, 0.05) is 24.2 Å². The molecule has 0 aromatic carbocycles. The highest BCUT2D eigenvalue weighted by atomic mass is 16.8. The predicted octanol–water partition coefficient (Wildman–Crippen LogP) is -0.577. The molecule has 4 rings (SSSR count). The van der Waals surface area contributed by atoms with Crippen LogP contribution in [0, 0.1) is 0 Å². The molecule has 2 saturated heterocycles. The minimum Gasteiger partial charge on any atom is -0.394 e. The van der Waals surface area contributed by atoms with Gasteiger partial charge in [-0.2, -0.15) is 0 Å². The van der Waals surface area contributed by atoms with Crippen LogP contribution in [0.25, 0.3) is 0 Å². The first-order valence-corrected chi connectivity index (χ1v) is 8.86. The molecule has 5 atom stereocenters. The largest absolute Gasteiger partial charge is 0.394 e. The van der Waals surface area contributed by atoms with E-state index in [4.69, 9.17) is 14.2 Å². The highest BCUT2D eigenvalue weighted by molar-refractivity contribution is 5.24. The fraction of sp³-hybridized carbons (Fsp3) is 0.500. The van der Waals surface area contributed by atoms with Gasteiger partial charge in [-0.15, -0.1) is 0 Å². The maximum Gasteiger partial charge on any atom is 0.330 e. The Balaban J connectivity index is 1.74. The van der Waals surface area contributed by atoms with E-state index in [1.54, 1.807) is 32.2 Å². The molecule has 10 heteroatoms. The summed E-state index contributed by atoms with van der Waals surface area (Å²) in [5, 5.41) is 20.2. The lowest BCUT2D eigenvalue weighted by molar-refractivity contribution is -0.200. The van der Waals surface area contributed by atoms with Crippen molar-refractivity contribution >= 4 is 0 Å². The number of aliphatic hydroxyl groups excluding tert-OH is 2. The Hall–Kier alpha value is -2.37. The Bertz CT molecular complexity index is 971. The maximum absolute atomic E-state index is 12.5. The van der Waals surface area contributed by atoms with Crippen molar-refractivity contribution in [2.24, 2.45) is 0 Å². The van der Waals surface area contributed by atoms with Crippen molar-refractivity contribution in [1.29, 1.82) is 0 Å². The van der Waals surface area contributed by atoms with Gasteiger partial charge in [-0.1, -0.05) is 6.07 Å². The van der Waals surface area contributed by atoms with E-state index in [1.165, 1.54) is 12.4 Å². The first-order valence-electron chi connectivity index (χ1n) is 8.86. The summed E-state index contributed by atoms with van der Waals surface area (Å²) in [4.78, 5) is 30.9. The van der Waals surface area contributed by atoms with E-state index in [9.17, 15) is 19.8 Å². The van der Waals surface area contributed by atoms with Crippen molar-refractivity contribution in [2.45, 2.75) is 50.3 Å². The number of rotatable bonds is 4. The molecule has 0 radical (unpaired) electrons. The highest BCUT2D eigenvalue weighted by Gasteiger charge is 2.56. The summed E-state index contributed by atoms with van der Waals surface area (Å²) in [5.74, 6) is -0.908. The summed E-state index contributed by atoms with van der Waals surface area (Å²) in [6.07, 6.45) is 0.0640. The number of aromatic amines is 1. The van der Waals surface area contributed by atoms with Crippen LogP contribution in [0.2, 0.25) is 0 Å². The number of hydrogen-bond donors (Lipinski definition) is 3. The van der Waals surface area contributed by atoms with Crippen LogP contribution in [0.1, 0.15) is 37.3 Å². The molecule has 2 aliphatic heterocycles. The fourth-order valence-electron chi connectivity index (χ4n) is 3.63. The minimum atomic E-state index is -1.28. The molecule has 0 bridgehead atoms. The monoisotopic (exact) mass is 391 g/mol. The number of H-pyrrole nitrogens is 1. The van der Waals surface area contributed by atoms with E-state index < -0.39 is 47.7 Å². The third-order valence-electron chi connectivity index (χ3n) is 4.87. The number of nitrogens with one attached hydrogen (secondary N) is 1. The zero-order valence-electron chi connectivity index (χ0n) is 15.3. The third kappa shape index (κ3) is 3.19. The van der Waals surface area contributed by atoms with E-state index in [2.05, 4.69) is 9.97 Å². The Morgan fingerprint density at radius 2 is 2.07 bits per heavy atom. The van der Waals surface area contributed by atoms with E-state index in [0.29, 0.717) is 5.56 Å². The Morgan fingerprint density at radius 3 is 2.75 bits per heavy atom. The number of pyridine rings is 1. The van der Waals surface area contributed by atoms with E-state index in [0.717, 1.165) is 4.57 Å². The third-order valence-corrected chi connectivity index (χ3v) is 4.87. The summed E-state index contributed by atoms with van der Waals surface area (Å²) >= 11 is 0. The SMILES string of the molecule is CC1(C)OC2[C@@H](CO)O[C@@H](n3cc(C(O)c4cccnc4)c(=O)[nH]c3=O)[C@H]2O1. The van der Waals surface area contributed by atoms with Crippen LogP contribution in [0.3, 0.4) is 0 Å². The second-order valence-corrected chi connectivity index (χ2v) is 7.25. The van der Waals surface area contributed by atoms with E-state index in [-0.39, 0.29) is 12.2 Å². The Labute approximate surface area is 159 Å². The van der Waals surface area contributed by atoms with Crippen molar-refractivity contribution < 1.29 is 24.4 Å². The average molecular weight is 391 g/mol. The van der Waals surface area contributed by atoms with Crippen LogP contribution in [0.15, 0.2) is 40.3 Å². The van der Waals surface area contributed by atoms with Gasteiger partial charge in [0.1, 0.15) is 24.4 Å². The van der Waals surface area contributed by atoms with Gasteiger partial charge < -0.3 is 24.4 Å². The maximum atomic E-state index is 12.5. The summed E-state index contributed by atoms with van der Waals surface area (Å²) in [6, 6.07) is 3.25. The number of aliphatic hydroxyl groups is 2. The molecule has 4 heterocycles. The molecule has 3 N–H and O–H groups in total. The molecule has 150 valence electrons. The molecular formula is C18H21N3O7. The highest BCUT2D eigenvalue weighted by Crippen LogP contribution is 2.42. The topological polar surface area (TPSA) is 136 Å². The van der Waals surface area contributed by atoms with Crippen LogP contribution < -0.4 is 11.2 Å². The quantitative estimate of drug-likeness (QED) is 0.630. The smallest absolute Gasteiger partial charge is 0.330 e. The van der Waals surface area contributed by atoms with Crippen LogP contribution in [0.4, 0.5) is 0 Å². The van der Waals surface area contributed by atoms with Gasteiger partial charge in [-0.3, -0.25) is 19.3 Å². The van der Waals surface area contributed by atoms with Gasteiger partial charge in [0.05, 0.1) is 12.2 Å². The fourth-order valence-corrected chi connectivity index (χ4v) is 3.63. The molecule has 0 aliphatic carbocycles. The van der Waals surface area contributed by atoms with Gasteiger partial charge in [0.2, 0.25) is 0 Å². The molecule has 10 nitrogen and oxygen atoms in total. The standard InChI is InChI=1S/C18H21N3O7/c1-18(2)27-13-11(8-22)26-16(14(13)28-18)21-7-10(15(24)20-17(21)25)12(23)9-4-3-5-19-6-9/h3-7,11-14,16,22-23H,8H2,1-2H3,(H,20,24,25)/t11-,12?,13?,14+,16-/m1/s1. The lowest BCUT2D eigenvalue weighted by atomic mass is 10.1. The second kappa shape index (κ2) is 6.90. The zero-order valence-corrected chi connectivity index (χ0v) is 15.3. The van der Waals surface area contributed by atoms with Crippen molar-refractivity contribution in [1.82, 2.24) is 14.5 Å². The molecule has 2 aromatic heterocycles. The molecule has 0 amide bonds. The van der Waals surface area contributed by atoms with Crippen LogP contribution in [-0.2, 0) is 14.2 Å². The molecule has 2 fully saturated rings. The summed E-state index contributed by atoms with van der Waals surface area (Å²) < 4.78 is 18.6. The number of hydrogen-bond acceptors (Lipinski definition) is 8. The van der Waals surface area contributed by atoms with Crippen LogP contribution in [0.5, 0.6) is 0 Å². The number of ether oxygens (including phenoxy) is 3. The summed E-state index contributed by atoms with van der Waals surface area (Å²) in [7, 11) is 0. The molecule has 2 aliphatic rings. The van der Waals surface area contributed by atoms with Gasteiger partial charge in [0.15, 0.2) is 12.0 Å². The number of nitrogens with zero attached hydrogens (tertiary/aromatic N) is 2. The van der Waals surface area contributed by atoms with Gasteiger partial charge in [-0.25, -0.2) is 4.79 Å². The Morgan fingerprint density at radius 1 is 1.32 bits per heavy atom. The first kappa shape index (κ1) is 19.0. The average Bonchev–Trinajstić information content (AvgIpc) is 3.15. The second-order valence-electron chi connectivity index (χ2n) is 7.25. The van der Waals surface area contributed by atoms with Crippen molar-refractivity contribution in [3.8, 4) is 0 Å². The first-order chi connectivity index (χ1) is 13.3. The summed E-state index contributed by atoms with van der Waals surface area (Å²) in [5.41, 5.74) is -1.07. The number of fused-ring (bicyclic) bond motifs is 1. The molecule has 0 saturated carbocycles. The molecule has 28 heavy (non-hydrogen) atoms.